The summed E-state index contributed by atoms with van der Waals surface area (Å²) in [6.45, 7) is 6.54. The first-order valence-electron chi connectivity index (χ1n) is 12.4. The molecule has 0 fully saturated rings. The zero-order chi connectivity index (χ0) is 28.1. The van der Waals surface area contributed by atoms with Gasteiger partial charge in [0.2, 0.25) is 0 Å². The van der Waals surface area contributed by atoms with Crippen LogP contribution < -0.4 is 15.0 Å². The molecule has 0 aliphatic carbocycles. The van der Waals surface area contributed by atoms with Crippen LogP contribution in [0.15, 0.2) is 69.0 Å². The molecule has 0 unspecified atom stereocenters. The molecule has 1 heterocycles. The van der Waals surface area contributed by atoms with Crippen molar-refractivity contribution in [3.63, 3.8) is 0 Å². The molecular formula is C29H27BrIN3O5. The minimum atomic E-state index is -0.991. The molecule has 0 saturated heterocycles. The number of ether oxygens (including phenoxy) is 2. The Morgan fingerprint density at radius 2 is 1.97 bits per heavy atom. The number of carbonyl (C=O) groups is 1. The SMILES string of the molecule is CCOc1cc(C=Nn2c([C@@H](C)CC)nc3ccc(Br)cc3c2=O)cc(I)c1OCc1cccc(C(=O)O)c1. The molecule has 8 nitrogen and oxygen atoms in total. The first-order valence-corrected chi connectivity index (χ1v) is 14.3. The summed E-state index contributed by atoms with van der Waals surface area (Å²) in [7, 11) is 0. The molecule has 4 rings (SSSR count). The second kappa shape index (κ2) is 12.7. The lowest BCUT2D eigenvalue weighted by Gasteiger charge is -2.15. The average Bonchev–Trinajstić information content (AvgIpc) is 2.92. The lowest BCUT2D eigenvalue weighted by Crippen LogP contribution is -2.23. The number of hydrogen-bond donors (Lipinski definition) is 1. The fourth-order valence-corrected chi connectivity index (χ4v) is 5.06. The van der Waals surface area contributed by atoms with E-state index in [2.05, 4.69) is 43.6 Å². The van der Waals surface area contributed by atoms with E-state index in [1.165, 1.54) is 10.7 Å². The highest BCUT2D eigenvalue weighted by Crippen LogP contribution is 2.34. The van der Waals surface area contributed by atoms with Gasteiger partial charge in [-0.05, 0) is 89.5 Å². The van der Waals surface area contributed by atoms with Crippen LogP contribution in [0.3, 0.4) is 0 Å². The van der Waals surface area contributed by atoms with E-state index in [1.807, 2.05) is 45.0 Å². The second-order valence-electron chi connectivity index (χ2n) is 8.86. The minimum absolute atomic E-state index is 0.0254. The molecule has 0 radical (unpaired) electrons. The van der Waals surface area contributed by atoms with Crippen LogP contribution in [0.1, 0.15) is 60.4 Å². The second-order valence-corrected chi connectivity index (χ2v) is 10.9. The molecule has 0 amide bonds. The number of carboxylic acids is 1. The maximum atomic E-state index is 13.4. The zero-order valence-corrected chi connectivity index (χ0v) is 25.4. The van der Waals surface area contributed by atoms with Crippen molar-refractivity contribution in [3.8, 4) is 11.5 Å². The van der Waals surface area contributed by atoms with Crippen LogP contribution in [0, 0.1) is 3.57 Å². The number of nitrogens with zero attached hydrogens (tertiary/aromatic N) is 3. The average molecular weight is 704 g/mol. The number of fused-ring (bicyclic) bond motifs is 1. The molecule has 0 aliphatic heterocycles. The third-order valence-electron chi connectivity index (χ3n) is 6.10. The number of hydrogen-bond acceptors (Lipinski definition) is 6. The molecule has 1 aromatic heterocycles. The molecule has 3 aromatic carbocycles. The molecule has 202 valence electrons. The van der Waals surface area contributed by atoms with Crippen LogP contribution >= 0.6 is 38.5 Å². The van der Waals surface area contributed by atoms with E-state index < -0.39 is 5.97 Å². The maximum Gasteiger partial charge on any atom is 0.335 e. The molecule has 0 bridgehead atoms. The number of carboxylic acid groups (broad SMARTS) is 1. The normalized spacial score (nSPS) is 12.1. The Labute approximate surface area is 248 Å². The van der Waals surface area contributed by atoms with Gasteiger partial charge in [0.1, 0.15) is 12.4 Å². The Bertz CT molecular complexity index is 1620. The zero-order valence-electron chi connectivity index (χ0n) is 21.6. The van der Waals surface area contributed by atoms with Crippen molar-refractivity contribution in [1.82, 2.24) is 9.66 Å². The third-order valence-corrected chi connectivity index (χ3v) is 7.39. The summed E-state index contributed by atoms with van der Waals surface area (Å²) < 4.78 is 14.9. The van der Waals surface area contributed by atoms with E-state index in [0.717, 1.165) is 25.6 Å². The largest absolute Gasteiger partial charge is 0.490 e. The van der Waals surface area contributed by atoms with E-state index in [-0.39, 0.29) is 23.6 Å². The van der Waals surface area contributed by atoms with Crippen LogP contribution in [0.25, 0.3) is 10.9 Å². The van der Waals surface area contributed by atoms with Gasteiger partial charge in [0.05, 0.1) is 32.9 Å². The highest BCUT2D eigenvalue weighted by molar-refractivity contribution is 14.1. The van der Waals surface area contributed by atoms with Gasteiger partial charge in [-0.25, -0.2) is 9.78 Å². The molecular weight excluding hydrogens is 677 g/mol. The third kappa shape index (κ3) is 6.67. The summed E-state index contributed by atoms with van der Waals surface area (Å²) in [6.07, 6.45) is 2.42. The summed E-state index contributed by atoms with van der Waals surface area (Å²) >= 11 is 5.60. The van der Waals surface area contributed by atoms with Gasteiger partial charge in [-0.15, -0.1) is 0 Å². The standard InChI is InChI=1S/C29H27BrIN3O5/c1-4-17(3)27-33-24-10-9-21(30)14-22(24)28(35)34(27)32-15-19-12-23(31)26(25(13-19)38-5-2)39-16-18-7-6-8-20(11-18)29(36)37/h6-15,17H,4-5,16H2,1-3H3,(H,36,37)/t17-/m0/s1. The van der Waals surface area contributed by atoms with E-state index in [9.17, 15) is 14.7 Å². The first-order chi connectivity index (χ1) is 18.7. The molecule has 1 N–H and O–H groups in total. The quantitative estimate of drug-likeness (QED) is 0.143. The lowest BCUT2D eigenvalue weighted by molar-refractivity contribution is 0.0696. The van der Waals surface area contributed by atoms with Crippen molar-refractivity contribution in [2.24, 2.45) is 5.10 Å². The molecule has 0 saturated carbocycles. The topological polar surface area (TPSA) is 103 Å². The summed E-state index contributed by atoms with van der Waals surface area (Å²) in [5.74, 6) is 0.699. The molecule has 39 heavy (non-hydrogen) atoms. The Kier molecular flexibility index (Phi) is 9.39. The van der Waals surface area contributed by atoms with Gasteiger partial charge in [-0.1, -0.05) is 41.9 Å². The van der Waals surface area contributed by atoms with Crippen LogP contribution in [0.4, 0.5) is 0 Å². The molecule has 4 aromatic rings. The smallest absolute Gasteiger partial charge is 0.335 e. The number of halogens is 2. The molecule has 0 aliphatic rings. The molecule has 0 spiro atoms. The Hall–Kier alpha value is -3.25. The number of aromatic nitrogens is 2. The van der Waals surface area contributed by atoms with Crippen molar-refractivity contribution < 1.29 is 19.4 Å². The van der Waals surface area contributed by atoms with E-state index in [4.69, 9.17) is 14.5 Å². The minimum Gasteiger partial charge on any atom is -0.490 e. The highest BCUT2D eigenvalue weighted by atomic mass is 127. The maximum absolute atomic E-state index is 13.4. The van der Waals surface area contributed by atoms with Gasteiger partial charge in [0.15, 0.2) is 11.5 Å². The van der Waals surface area contributed by atoms with Crippen molar-refractivity contribution in [1.29, 1.82) is 0 Å². The Balaban J connectivity index is 1.69. The van der Waals surface area contributed by atoms with Gasteiger partial charge >= 0.3 is 5.97 Å². The van der Waals surface area contributed by atoms with Crippen molar-refractivity contribution in [2.75, 3.05) is 6.61 Å². The summed E-state index contributed by atoms with van der Waals surface area (Å²) in [5, 5.41) is 14.3. The predicted molar refractivity (Wildman–Crippen MR) is 163 cm³/mol. The van der Waals surface area contributed by atoms with Crippen molar-refractivity contribution in [2.45, 2.75) is 39.7 Å². The first kappa shape index (κ1) is 28.8. The van der Waals surface area contributed by atoms with Gasteiger partial charge in [0.25, 0.3) is 5.56 Å². The van der Waals surface area contributed by atoms with Crippen LogP contribution in [0.5, 0.6) is 11.5 Å². The lowest BCUT2D eigenvalue weighted by atomic mass is 10.1. The fraction of sp³-hybridized carbons (Fsp3) is 0.241. The Morgan fingerprint density at radius 1 is 1.18 bits per heavy atom. The van der Waals surface area contributed by atoms with Crippen LogP contribution in [-0.4, -0.2) is 33.6 Å². The summed E-state index contributed by atoms with van der Waals surface area (Å²) in [4.78, 5) is 29.5. The van der Waals surface area contributed by atoms with E-state index >= 15 is 0 Å². The monoisotopic (exact) mass is 703 g/mol. The van der Waals surface area contributed by atoms with Gasteiger partial charge in [0, 0.05) is 10.4 Å². The molecule has 1 atom stereocenters. The van der Waals surface area contributed by atoms with Gasteiger partial charge < -0.3 is 14.6 Å². The summed E-state index contributed by atoms with van der Waals surface area (Å²) in [5.41, 5.74) is 2.04. The van der Waals surface area contributed by atoms with Gasteiger partial charge in [-0.3, -0.25) is 4.79 Å². The fourth-order valence-electron chi connectivity index (χ4n) is 3.92. The van der Waals surface area contributed by atoms with Crippen molar-refractivity contribution >= 4 is 61.6 Å². The van der Waals surface area contributed by atoms with Crippen LogP contribution in [0.2, 0.25) is 0 Å². The van der Waals surface area contributed by atoms with Crippen LogP contribution in [-0.2, 0) is 6.61 Å². The Morgan fingerprint density at radius 3 is 2.69 bits per heavy atom. The predicted octanol–water partition coefficient (Wildman–Crippen LogP) is 6.84. The number of rotatable bonds is 10. The van der Waals surface area contributed by atoms with E-state index in [0.29, 0.717) is 34.8 Å². The summed E-state index contributed by atoms with van der Waals surface area (Å²) in [6, 6.07) is 15.8. The number of aromatic carboxylic acids is 1. The van der Waals surface area contributed by atoms with Gasteiger partial charge in [-0.2, -0.15) is 9.78 Å². The number of benzene rings is 3. The van der Waals surface area contributed by atoms with Crippen molar-refractivity contribution in [3.05, 3.63) is 95.5 Å². The molecule has 10 heteroatoms. The highest BCUT2D eigenvalue weighted by Gasteiger charge is 2.17. The van der Waals surface area contributed by atoms with E-state index in [1.54, 1.807) is 30.5 Å².